The third kappa shape index (κ3) is 2.47. The van der Waals surface area contributed by atoms with Crippen LogP contribution in [0.15, 0.2) is 59.5 Å². The first-order valence-electron chi connectivity index (χ1n) is 9.42. The van der Waals surface area contributed by atoms with Gasteiger partial charge in [-0.3, -0.25) is 9.78 Å². The summed E-state index contributed by atoms with van der Waals surface area (Å²) in [5, 5.41) is 0.461. The SMILES string of the molecule is O=c1[nH]c(N2CCc3ccccc32)nc2nccc(-c3ccc4c(c3)OCO4)c12. The van der Waals surface area contributed by atoms with Crippen molar-refractivity contribution in [2.45, 2.75) is 6.42 Å². The molecule has 142 valence electrons. The van der Waals surface area contributed by atoms with E-state index in [1.54, 1.807) is 6.20 Å². The summed E-state index contributed by atoms with van der Waals surface area (Å²) in [6, 6.07) is 15.6. The fourth-order valence-electron chi connectivity index (χ4n) is 4.04. The minimum absolute atomic E-state index is 0.207. The molecule has 29 heavy (non-hydrogen) atoms. The highest BCUT2D eigenvalue weighted by atomic mass is 16.7. The normalized spacial score (nSPS) is 14.4. The predicted octanol–water partition coefficient (Wildman–Crippen LogP) is 3.41. The van der Waals surface area contributed by atoms with E-state index in [0.29, 0.717) is 28.5 Å². The molecule has 2 aliphatic rings. The maximum absolute atomic E-state index is 13.1. The van der Waals surface area contributed by atoms with Gasteiger partial charge in [-0.2, -0.15) is 4.98 Å². The first-order valence-corrected chi connectivity index (χ1v) is 9.42. The summed E-state index contributed by atoms with van der Waals surface area (Å²) in [7, 11) is 0. The molecule has 0 atom stereocenters. The number of rotatable bonds is 2. The van der Waals surface area contributed by atoms with Crippen LogP contribution in [0.25, 0.3) is 22.2 Å². The third-order valence-corrected chi connectivity index (χ3v) is 5.42. The summed E-state index contributed by atoms with van der Waals surface area (Å²) < 4.78 is 10.9. The van der Waals surface area contributed by atoms with Crippen LogP contribution in [-0.2, 0) is 6.42 Å². The van der Waals surface area contributed by atoms with Crippen molar-refractivity contribution in [1.82, 2.24) is 15.0 Å². The van der Waals surface area contributed by atoms with E-state index in [9.17, 15) is 4.79 Å². The van der Waals surface area contributed by atoms with Crippen LogP contribution in [0.2, 0.25) is 0 Å². The van der Waals surface area contributed by atoms with Crippen LogP contribution in [0, 0.1) is 0 Å². The largest absolute Gasteiger partial charge is 0.454 e. The van der Waals surface area contributed by atoms with Gasteiger partial charge in [-0.05, 0) is 47.4 Å². The van der Waals surface area contributed by atoms with Crippen LogP contribution in [0.3, 0.4) is 0 Å². The Hall–Kier alpha value is -3.87. The highest BCUT2D eigenvalue weighted by Crippen LogP contribution is 2.37. The number of aromatic amines is 1. The average molecular weight is 384 g/mol. The van der Waals surface area contributed by atoms with Crippen LogP contribution in [0.4, 0.5) is 11.6 Å². The maximum Gasteiger partial charge on any atom is 0.262 e. The molecule has 0 radical (unpaired) electrons. The molecule has 4 heterocycles. The lowest BCUT2D eigenvalue weighted by Crippen LogP contribution is -2.21. The van der Waals surface area contributed by atoms with E-state index in [1.165, 1.54) is 5.56 Å². The second-order valence-corrected chi connectivity index (χ2v) is 7.05. The van der Waals surface area contributed by atoms with Crippen LogP contribution in [-0.4, -0.2) is 28.3 Å². The Labute approximate surface area is 165 Å². The number of nitrogens with zero attached hydrogens (tertiary/aromatic N) is 3. The van der Waals surface area contributed by atoms with Crippen molar-refractivity contribution >= 4 is 22.7 Å². The second-order valence-electron chi connectivity index (χ2n) is 7.05. The molecule has 1 N–H and O–H groups in total. The molecule has 2 aromatic heterocycles. The molecular formula is C22H16N4O3. The standard InChI is InChI=1S/C22H16N4O3/c27-21-19-15(14-5-6-17-18(11-14)29-12-28-17)7-9-23-20(19)24-22(25-21)26-10-8-13-3-1-2-4-16(13)26/h1-7,9,11H,8,10,12H2,(H,23,24,25,27). The van der Waals surface area contributed by atoms with Gasteiger partial charge in [0.15, 0.2) is 17.1 Å². The number of anilines is 2. The number of hydrogen-bond donors (Lipinski definition) is 1. The molecule has 2 aromatic carbocycles. The molecule has 0 amide bonds. The molecule has 0 aliphatic carbocycles. The molecule has 6 rings (SSSR count). The number of H-pyrrole nitrogens is 1. The summed E-state index contributed by atoms with van der Waals surface area (Å²) in [5.74, 6) is 1.89. The summed E-state index contributed by atoms with van der Waals surface area (Å²) in [6.07, 6.45) is 2.60. The molecule has 7 nitrogen and oxygen atoms in total. The van der Waals surface area contributed by atoms with E-state index in [2.05, 4.69) is 21.0 Å². The molecule has 0 spiro atoms. The molecule has 0 unspecified atom stereocenters. The monoisotopic (exact) mass is 384 g/mol. The van der Waals surface area contributed by atoms with E-state index < -0.39 is 0 Å². The van der Waals surface area contributed by atoms with Crippen molar-refractivity contribution in [3.05, 3.63) is 70.6 Å². The molecular weight excluding hydrogens is 368 g/mol. The van der Waals surface area contributed by atoms with Gasteiger partial charge < -0.3 is 14.4 Å². The summed E-state index contributed by atoms with van der Waals surface area (Å²) >= 11 is 0. The van der Waals surface area contributed by atoms with Crippen LogP contribution in [0.5, 0.6) is 11.5 Å². The Morgan fingerprint density at radius 3 is 2.90 bits per heavy atom. The zero-order chi connectivity index (χ0) is 19.4. The van der Waals surface area contributed by atoms with Crippen molar-refractivity contribution in [3.8, 4) is 22.6 Å². The number of aromatic nitrogens is 3. The zero-order valence-electron chi connectivity index (χ0n) is 15.4. The quantitative estimate of drug-likeness (QED) is 0.571. The Bertz CT molecular complexity index is 1330. The number of nitrogens with one attached hydrogen (secondary N) is 1. The van der Waals surface area contributed by atoms with Crippen molar-refractivity contribution in [2.75, 3.05) is 18.2 Å². The van der Waals surface area contributed by atoms with Gasteiger partial charge in [0.1, 0.15) is 0 Å². The number of ether oxygens (including phenoxy) is 2. The van der Waals surface area contributed by atoms with Crippen LogP contribution >= 0.6 is 0 Å². The summed E-state index contributed by atoms with van der Waals surface area (Å²) in [5.41, 5.74) is 4.14. The van der Waals surface area contributed by atoms with Gasteiger partial charge in [0.05, 0.1) is 5.39 Å². The lowest BCUT2D eigenvalue weighted by atomic mass is 10.0. The smallest absolute Gasteiger partial charge is 0.262 e. The molecule has 0 fully saturated rings. The maximum atomic E-state index is 13.1. The fraction of sp³-hybridized carbons (Fsp3) is 0.136. The molecule has 0 bridgehead atoms. The lowest BCUT2D eigenvalue weighted by Gasteiger charge is -2.18. The van der Waals surface area contributed by atoms with Gasteiger partial charge >= 0.3 is 0 Å². The Kier molecular flexibility index (Phi) is 3.37. The Balaban J connectivity index is 1.50. The van der Waals surface area contributed by atoms with Gasteiger partial charge in [0.25, 0.3) is 5.56 Å². The second kappa shape index (κ2) is 6.07. The first kappa shape index (κ1) is 16.1. The van der Waals surface area contributed by atoms with Gasteiger partial charge in [-0.15, -0.1) is 0 Å². The van der Waals surface area contributed by atoms with Crippen molar-refractivity contribution in [2.24, 2.45) is 0 Å². The number of benzene rings is 2. The molecule has 2 aliphatic heterocycles. The van der Waals surface area contributed by atoms with Crippen LogP contribution < -0.4 is 19.9 Å². The van der Waals surface area contributed by atoms with Gasteiger partial charge in [0.2, 0.25) is 12.7 Å². The summed E-state index contributed by atoms with van der Waals surface area (Å²) in [4.78, 5) is 27.1. The highest BCUT2D eigenvalue weighted by molar-refractivity contribution is 5.92. The lowest BCUT2D eigenvalue weighted by molar-refractivity contribution is 0.174. The summed E-state index contributed by atoms with van der Waals surface area (Å²) in [6.45, 7) is 0.980. The van der Waals surface area contributed by atoms with E-state index in [-0.39, 0.29) is 12.4 Å². The third-order valence-electron chi connectivity index (χ3n) is 5.42. The molecule has 7 heteroatoms. The van der Waals surface area contributed by atoms with E-state index in [4.69, 9.17) is 9.47 Å². The van der Waals surface area contributed by atoms with E-state index in [0.717, 1.165) is 29.8 Å². The molecule has 0 saturated heterocycles. The minimum atomic E-state index is -0.213. The van der Waals surface area contributed by atoms with Gasteiger partial charge in [-0.25, -0.2) is 4.98 Å². The predicted molar refractivity (Wildman–Crippen MR) is 109 cm³/mol. The molecule has 0 saturated carbocycles. The van der Waals surface area contributed by atoms with Crippen molar-refractivity contribution in [3.63, 3.8) is 0 Å². The fourth-order valence-corrected chi connectivity index (χ4v) is 4.04. The number of para-hydroxylation sites is 1. The zero-order valence-corrected chi connectivity index (χ0v) is 15.4. The van der Waals surface area contributed by atoms with E-state index >= 15 is 0 Å². The van der Waals surface area contributed by atoms with Crippen LogP contribution in [0.1, 0.15) is 5.56 Å². The number of pyridine rings is 1. The van der Waals surface area contributed by atoms with Crippen molar-refractivity contribution < 1.29 is 9.47 Å². The number of hydrogen-bond acceptors (Lipinski definition) is 6. The average Bonchev–Trinajstić information content (AvgIpc) is 3.39. The number of fused-ring (bicyclic) bond motifs is 3. The minimum Gasteiger partial charge on any atom is -0.454 e. The topological polar surface area (TPSA) is 80.3 Å². The van der Waals surface area contributed by atoms with Crippen molar-refractivity contribution in [1.29, 1.82) is 0 Å². The van der Waals surface area contributed by atoms with E-state index in [1.807, 2.05) is 47.4 Å². The molecule has 4 aromatic rings. The Morgan fingerprint density at radius 1 is 1.03 bits per heavy atom. The highest BCUT2D eigenvalue weighted by Gasteiger charge is 2.23. The first-order chi connectivity index (χ1) is 14.3. The van der Waals surface area contributed by atoms with Gasteiger partial charge in [0, 0.05) is 18.4 Å². The Morgan fingerprint density at radius 2 is 1.93 bits per heavy atom. The van der Waals surface area contributed by atoms with Gasteiger partial charge in [-0.1, -0.05) is 24.3 Å².